The number of hydrogen-bond donors (Lipinski definition) is 1. The molecule has 0 saturated heterocycles. The topological polar surface area (TPSA) is 40.5 Å². The Labute approximate surface area is 129 Å². The average Bonchev–Trinajstić information content (AvgIpc) is 2.52. The lowest BCUT2D eigenvalue weighted by Crippen LogP contribution is -2.35. The zero-order valence-corrected chi connectivity index (χ0v) is 13.6. The highest BCUT2D eigenvalue weighted by Gasteiger charge is 2.27. The fraction of sp³-hybridized carbons (Fsp3) is 0.611. The predicted molar refractivity (Wildman–Crippen MR) is 87.2 cm³/mol. The van der Waals surface area contributed by atoms with E-state index in [1.54, 1.807) is 0 Å². The van der Waals surface area contributed by atoms with Gasteiger partial charge in [0.25, 0.3) is 0 Å². The molecule has 1 rings (SSSR count). The molecule has 21 heavy (non-hydrogen) atoms. The molecule has 0 aromatic heterocycles. The van der Waals surface area contributed by atoms with Crippen LogP contribution in [0.1, 0.15) is 51.0 Å². The second-order valence-corrected chi connectivity index (χ2v) is 5.82. The van der Waals surface area contributed by atoms with Gasteiger partial charge in [-0.15, -0.1) is 0 Å². The SMILES string of the molecule is CCC(C)C(C(=O)N(C)CCCCCO)c1ccccc1. The molecule has 3 heteroatoms. The number of likely N-dealkylation sites (N-methyl/N-ethyl adjacent to an activating group) is 1. The van der Waals surface area contributed by atoms with Crippen LogP contribution in [0.5, 0.6) is 0 Å². The summed E-state index contributed by atoms with van der Waals surface area (Å²) in [6, 6.07) is 10.1. The van der Waals surface area contributed by atoms with Crippen molar-refractivity contribution in [1.82, 2.24) is 4.90 Å². The summed E-state index contributed by atoms with van der Waals surface area (Å²) >= 11 is 0. The van der Waals surface area contributed by atoms with Crippen molar-refractivity contribution < 1.29 is 9.90 Å². The minimum absolute atomic E-state index is 0.0564. The Bertz CT molecular complexity index is 405. The molecule has 0 saturated carbocycles. The van der Waals surface area contributed by atoms with Crippen molar-refractivity contribution in [3.05, 3.63) is 35.9 Å². The highest BCUT2D eigenvalue weighted by atomic mass is 16.2. The van der Waals surface area contributed by atoms with Crippen molar-refractivity contribution in [2.45, 2.75) is 45.4 Å². The molecule has 0 radical (unpaired) electrons. The molecule has 0 aliphatic rings. The summed E-state index contributed by atoms with van der Waals surface area (Å²) in [6.07, 6.45) is 3.72. The number of nitrogens with zero attached hydrogens (tertiary/aromatic N) is 1. The van der Waals surface area contributed by atoms with Gasteiger partial charge in [0.2, 0.25) is 5.91 Å². The van der Waals surface area contributed by atoms with E-state index in [0.717, 1.165) is 37.8 Å². The van der Waals surface area contributed by atoms with Gasteiger partial charge >= 0.3 is 0 Å². The van der Waals surface area contributed by atoms with Crippen LogP contribution in [0.25, 0.3) is 0 Å². The molecule has 1 N–H and O–H groups in total. The highest BCUT2D eigenvalue weighted by Crippen LogP contribution is 2.28. The molecular formula is C18H29NO2. The lowest BCUT2D eigenvalue weighted by atomic mass is 9.84. The fourth-order valence-electron chi connectivity index (χ4n) is 2.60. The zero-order chi connectivity index (χ0) is 15.7. The van der Waals surface area contributed by atoms with E-state index in [4.69, 9.17) is 5.11 Å². The van der Waals surface area contributed by atoms with Gasteiger partial charge in [-0.25, -0.2) is 0 Å². The van der Waals surface area contributed by atoms with Crippen LogP contribution in [0.3, 0.4) is 0 Å². The summed E-state index contributed by atoms with van der Waals surface area (Å²) in [5.74, 6) is 0.485. The number of amides is 1. The number of unbranched alkanes of at least 4 members (excludes halogenated alkanes) is 2. The van der Waals surface area contributed by atoms with Gasteiger partial charge in [-0.05, 0) is 30.7 Å². The molecule has 1 aromatic rings. The molecule has 1 amide bonds. The van der Waals surface area contributed by atoms with Gasteiger partial charge in [-0.2, -0.15) is 0 Å². The Morgan fingerprint density at radius 3 is 2.43 bits per heavy atom. The van der Waals surface area contributed by atoms with Crippen molar-refractivity contribution in [1.29, 1.82) is 0 Å². The summed E-state index contributed by atoms with van der Waals surface area (Å²) in [7, 11) is 1.89. The molecule has 0 aliphatic heterocycles. The summed E-state index contributed by atoms with van der Waals surface area (Å²) in [5.41, 5.74) is 1.11. The molecule has 2 atom stereocenters. The molecular weight excluding hydrogens is 262 g/mol. The van der Waals surface area contributed by atoms with Crippen molar-refractivity contribution in [3.8, 4) is 0 Å². The van der Waals surface area contributed by atoms with Gasteiger partial charge in [-0.3, -0.25) is 4.79 Å². The first-order valence-corrected chi connectivity index (χ1v) is 8.02. The fourth-order valence-corrected chi connectivity index (χ4v) is 2.60. The van der Waals surface area contributed by atoms with E-state index >= 15 is 0 Å². The Morgan fingerprint density at radius 2 is 1.86 bits per heavy atom. The second-order valence-electron chi connectivity index (χ2n) is 5.82. The average molecular weight is 291 g/mol. The second kappa shape index (κ2) is 9.56. The van der Waals surface area contributed by atoms with Crippen LogP contribution in [-0.2, 0) is 4.79 Å². The molecule has 118 valence electrons. The Kier molecular flexibility index (Phi) is 8.06. The van der Waals surface area contributed by atoms with Gasteiger partial charge < -0.3 is 10.0 Å². The first-order chi connectivity index (χ1) is 10.1. The molecule has 0 aliphatic carbocycles. The third-order valence-corrected chi connectivity index (χ3v) is 4.17. The van der Waals surface area contributed by atoms with Gasteiger partial charge in [-0.1, -0.05) is 50.6 Å². The van der Waals surface area contributed by atoms with E-state index in [0.29, 0.717) is 5.92 Å². The number of aliphatic hydroxyl groups is 1. The first-order valence-electron chi connectivity index (χ1n) is 8.02. The smallest absolute Gasteiger partial charge is 0.230 e. The third-order valence-electron chi connectivity index (χ3n) is 4.17. The van der Waals surface area contributed by atoms with E-state index in [9.17, 15) is 4.79 Å². The lowest BCUT2D eigenvalue weighted by Gasteiger charge is -2.28. The number of benzene rings is 1. The van der Waals surface area contributed by atoms with Crippen molar-refractivity contribution in [3.63, 3.8) is 0 Å². The number of carbonyl (C=O) groups is 1. The molecule has 2 unspecified atom stereocenters. The number of carbonyl (C=O) groups excluding carboxylic acids is 1. The predicted octanol–water partition coefficient (Wildman–Crippen LogP) is 3.44. The molecule has 1 aromatic carbocycles. The van der Waals surface area contributed by atoms with Crippen molar-refractivity contribution in [2.75, 3.05) is 20.2 Å². The minimum atomic E-state index is -0.0564. The summed E-state index contributed by atoms with van der Waals surface area (Å²) in [4.78, 5) is 14.6. The summed E-state index contributed by atoms with van der Waals surface area (Å²) in [5, 5.41) is 8.80. The zero-order valence-electron chi connectivity index (χ0n) is 13.6. The van der Waals surface area contributed by atoms with Crippen LogP contribution in [0.4, 0.5) is 0 Å². The van der Waals surface area contributed by atoms with E-state index in [2.05, 4.69) is 13.8 Å². The molecule has 0 heterocycles. The quantitative estimate of drug-likeness (QED) is 0.708. The van der Waals surface area contributed by atoms with E-state index in [-0.39, 0.29) is 18.4 Å². The first kappa shape index (κ1) is 17.7. The van der Waals surface area contributed by atoms with Gasteiger partial charge in [0, 0.05) is 20.2 Å². The van der Waals surface area contributed by atoms with Crippen LogP contribution in [-0.4, -0.2) is 36.1 Å². The standard InChI is InChI=1S/C18H29NO2/c1-4-15(2)17(16-11-7-5-8-12-16)18(21)19(3)13-9-6-10-14-20/h5,7-8,11-12,15,17,20H,4,6,9-10,13-14H2,1-3H3. The van der Waals surface area contributed by atoms with Gasteiger partial charge in [0.05, 0.1) is 5.92 Å². The summed E-state index contributed by atoms with van der Waals surface area (Å²) in [6.45, 7) is 5.28. The molecule has 3 nitrogen and oxygen atoms in total. The highest BCUT2D eigenvalue weighted by molar-refractivity contribution is 5.83. The lowest BCUT2D eigenvalue weighted by molar-refractivity contribution is -0.132. The maximum absolute atomic E-state index is 12.8. The van der Waals surface area contributed by atoms with Crippen LogP contribution in [0.2, 0.25) is 0 Å². The third kappa shape index (κ3) is 5.50. The molecule has 0 fully saturated rings. The Morgan fingerprint density at radius 1 is 1.19 bits per heavy atom. The van der Waals surface area contributed by atoms with E-state index < -0.39 is 0 Å². The van der Waals surface area contributed by atoms with Crippen LogP contribution < -0.4 is 0 Å². The molecule has 0 bridgehead atoms. The number of rotatable bonds is 9. The Balaban J connectivity index is 2.72. The van der Waals surface area contributed by atoms with E-state index in [1.807, 2.05) is 42.3 Å². The number of aliphatic hydroxyl groups excluding tert-OH is 1. The van der Waals surface area contributed by atoms with Gasteiger partial charge in [0.15, 0.2) is 0 Å². The largest absolute Gasteiger partial charge is 0.396 e. The van der Waals surface area contributed by atoms with Crippen LogP contribution in [0, 0.1) is 5.92 Å². The van der Waals surface area contributed by atoms with Crippen molar-refractivity contribution in [2.24, 2.45) is 5.92 Å². The van der Waals surface area contributed by atoms with Gasteiger partial charge in [0.1, 0.15) is 0 Å². The Hall–Kier alpha value is -1.35. The summed E-state index contributed by atoms with van der Waals surface area (Å²) < 4.78 is 0. The van der Waals surface area contributed by atoms with Crippen LogP contribution >= 0.6 is 0 Å². The van der Waals surface area contributed by atoms with Crippen LogP contribution in [0.15, 0.2) is 30.3 Å². The number of hydrogen-bond acceptors (Lipinski definition) is 2. The van der Waals surface area contributed by atoms with Crippen molar-refractivity contribution >= 4 is 5.91 Å². The van der Waals surface area contributed by atoms with E-state index in [1.165, 1.54) is 0 Å². The normalized spacial score (nSPS) is 13.7. The minimum Gasteiger partial charge on any atom is -0.396 e. The monoisotopic (exact) mass is 291 g/mol. The maximum Gasteiger partial charge on any atom is 0.230 e. The maximum atomic E-state index is 12.8. The molecule has 0 spiro atoms.